The third kappa shape index (κ3) is 5.76. The van der Waals surface area contributed by atoms with Crippen LogP contribution in [0, 0.1) is 0 Å². The lowest BCUT2D eigenvalue weighted by Crippen LogP contribution is -2.24. The molecule has 0 saturated heterocycles. The molecule has 2 heterocycles. The van der Waals surface area contributed by atoms with Crippen molar-refractivity contribution in [3.8, 4) is 11.4 Å². The van der Waals surface area contributed by atoms with Crippen molar-refractivity contribution in [2.45, 2.75) is 13.1 Å². The number of hydrogen-bond acceptors (Lipinski definition) is 7. The van der Waals surface area contributed by atoms with Crippen LogP contribution in [0.1, 0.15) is 11.3 Å². The van der Waals surface area contributed by atoms with Gasteiger partial charge in [0.15, 0.2) is 0 Å². The van der Waals surface area contributed by atoms with Crippen molar-refractivity contribution < 1.29 is 4.79 Å². The number of carbonyl (C=O) groups excluding carboxylic acids is 1. The van der Waals surface area contributed by atoms with Crippen molar-refractivity contribution >= 4 is 18.2 Å². The summed E-state index contributed by atoms with van der Waals surface area (Å²) in [4.78, 5) is 13.2. The molecule has 10 nitrogen and oxygen atoms in total. The molecule has 0 aliphatic carbocycles. The zero-order valence-corrected chi connectivity index (χ0v) is 16.5. The molecule has 0 aliphatic rings. The van der Waals surface area contributed by atoms with Gasteiger partial charge >= 0.3 is 0 Å². The number of rotatable bonds is 8. The van der Waals surface area contributed by atoms with Crippen molar-refractivity contribution in [2.75, 3.05) is 0 Å². The van der Waals surface area contributed by atoms with Gasteiger partial charge in [-0.05, 0) is 22.9 Å². The van der Waals surface area contributed by atoms with Crippen LogP contribution in [0.25, 0.3) is 17.5 Å². The molecule has 10 heteroatoms. The van der Waals surface area contributed by atoms with Crippen molar-refractivity contribution in [3.63, 3.8) is 0 Å². The first-order valence-electron chi connectivity index (χ1n) is 9.52. The zero-order chi connectivity index (χ0) is 21.3. The Balaban J connectivity index is 1.23. The fourth-order valence-corrected chi connectivity index (χ4v) is 2.71. The average molecular weight is 413 g/mol. The Morgan fingerprint density at radius 1 is 1.00 bits per heavy atom. The van der Waals surface area contributed by atoms with Gasteiger partial charge < -0.3 is 0 Å². The number of tetrazole rings is 1. The highest BCUT2D eigenvalue weighted by molar-refractivity contribution is 5.80. The Bertz CT molecular complexity index is 1180. The topological polar surface area (TPSA) is 116 Å². The molecular formula is C21H19N9O. The fourth-order valence-electron chi connectivity index (χ4n) is 2.71. The quantitative estimate of drug-likeness (QED) is 0.348. The van der Waals surface area contributed by atoms with Gasteiger partial charge in [-0.25, -0.2) is 10.1 Å². The van der Waals surface area contributed by atoms with Crippen molar-refractivity contribution in [3.05, 3.63) is 84.2 Å². The van der Waals surface area contributed by atoms with Gasteiger partial charge in [-0.15, -0.1) is 15.3 Å². The highest BCUT2D eigenvalue weighted by Gasteiger charge is 2.08. The van der Waals surface area contributed by atoms with Crippen LogP contribution in [-0.2, 0) is 17.9 Å². The molecule has 1 amide bonds. The number of carbonyl (C=O) groups is 1. The SMILES string of the molecule is O=C(Cn1nnc(-c2ccccc2)n1)N/N=C\C=C\c1cn(Cc2ccccc2)nn1. The molecule has 0 atom stereocenters. The van der Waals surface area contributed by atoms with Gasteiger partial charge in [-0.2, -0.15) is 9.90 Å². The van der Waals surface area contributed by atoms with Crippen LogP contribution in [0.3, 0.4) is 0 Å². The minimum absolute atomic E-state index is 0.0886. The lowest BCUT2D eigenvalue weighted by atomic mass is 10.2. The minimum atomic E-state index is -0.365. The van der Waals surface area contributed by atoms with Gasteiger partial charge in [0.25, 0.3) is 5.91 Å². The molecule has 0 radical (unpaired) electrons. The number of amides is 1. The van der Waals surface area contributed by atoms with Gasteiger partial charge in [-0.3, -0.25) is 4.79 Å². The first-order chi connectivity index (χ1) is 15.3. The Hall–Kier alpha value is -4.47. The number of aromatic nitrogens is 7. The van der Waals surface area contributed by atoms with Crippen LogP contribution in [0.2, 0.25) is 0 Å². The summed E-state index contributed by atoms with van der Waals surface area (Å²) in [5, 5.41) is 24.0. The summed E-state index contributed by atoms with van der Waals surface area (Å²) in [5.41, 5.74) is 5.08. The number of hydrazone groups is 1. The summed E-state index contributed by atoms with van der Waals surface area (Å²) in [6.45, 7) is 0.558. The minimum Gasteiger partial charge on any atom is -0.271 e. The standard InChI is InChI=1S/C21H19N9O/c31-20(16-30-26-21(25-28-30)18-10-5-2-6-11-18)24-22-13-7-12-19-15-29(27-23-19)14-17-8-3-1-4-9-17/h1-13,15H,14,16H2,(H,24,31)/b12-7+,22-13-. The summed E-state index contributed by atoms with van der Waals surface area (Å²) < 4.78 is 1.75. The number of benzene rings is 2. The first-order valence-corrected chi connectivity index (χ1v) is 9.52. The summed E-state index contributed by atoms with van der Waals surface area (Å²) in [5.74, 6) is 0.0932. The van der Waals surface area contributed by atoms with Gasteiger partial charge in [-0.1, -0.05) is 65.9 Å². The molecule has 4 rings (SSSR count). The smallest absolute Gasteiger partial charge is 0.263 e. The van der Waals surface area contributed by atoms with E-state index < -0.39 is 0 Å². The fraction of sp³-hybridized carbons (Fsp3) is 0.0952. The zero-order valence-electron chi connectivity index (χ0n) is 16.5. The molecule has 0 fully saturated rings. The predicted octanol–water partition coefficient (Wildman–Crippen LogP) is 1.80. The molecule has 154 valence electrons. The van der Waals surface area contributed by atoms with E-state index in [2.05, 4.69) is 36.3 Å². The monoisotopic (exact) mass is 413 g/mol. The van der Waals surface area contributed by atoms with Gasteiger partial charge in [0.2, 0.25) is 5.82 Å². The van der Waals surface area contributed by atoms with Crippen LogP contribution in [-0.4, -0.2) is 47.3 Å². The third-order valence-electron chi connectivity index (χ3n) is 4.13. The summed E-state index contributed by atoms with van der Waals surface area (Å²) >= 11 is 0. The Labute approximate surface area is 177 Å². The molecule has 0 saturated carbocycles. The number of hydrogen-bond donors (Lipinski definition) is 1. The highest BCUT2D eigenvalue weighted by Crippen LogP contribution is 2.11. The molecule has 0 bridgehead atoms. The predicted molar refractivity (Wildman–Crippen MR) is 114 cm³/mol. The number of nitrogens with zero attached hydrogens (tertiary/aromatic N) is 8. The molecule has 4 aromatic rings. The van der Waals surface area contributed by atoms with E-state index in [-0.39, 0.29) is 12.5 Å². The first kappa shape index (κ1) is 19.8. The lowest BCUT2D eigenvalue weighted by molar-refractivity contribution is -0.122. The second-order valence-corrected chi connectivity index (χ2v) is 6.51. The maximum absolute atomic E-state index is 12.0. The van der Waals surface area contributed by atoms with Crippen LogP contribution >= 0.6 is 0 Å². The van der Waals surface area contributed by atoms with E-state index in [1.165, 1.54) is 11.0 Å². The van der Waals surface area contributed by atoms with E-state index in [9.17, 15) is 4.79 Å². The van der Waals surface area contributed by atoms with Gasteiger partial charge in [0, 0.05) is 11.8 Å². The normalized spacial score (nSPS) is 11.4. The van der Waals surface area contributed by atoms with Gasteiger partial charge in [0.1, 0.15) is 12.2 Å². The van der Waals surface area contributed by atoms with Crippen molar-refractivity contribution in [1.82, 2.24) is 40.6 Å². The Morgan fingerprint density at radius 3 is 2.58 bits per heavy atom. The lowest BCUT2D eigenvalue weighted by Gasteiger charge is -1.98. The maximum atomic E-state index is 12.0. The third-order valence-corrected chi connectivity index (χ3v) is 4.13. The van der Waals surface area contributed by atoms with E-state index in [0.717, 1.165) is 11.1 Å². The molecule has 0 spiro atoms. The average Bonchev–Trinajstić information content (AvgIpc) is 3.44. The van der Waals surface area contributed by atoms with Gasteiger partial charge in [0.05, 0.1) is 12.7 Å². The van der Waals surface area contributed by atoms with Crippen LogP contribution < -0.4 is 5.43 Å². The molecule has 31 heavy (non-hydrogen) atoms. The Morgan fingerprint density at radius 2 is 1.77 bits per heavy atom. The van der Waals surface area contributed by atoms with Crippen LogP contribution in [0.5, 0.6) is 0 Å². The van der Waals surface area contributed by atoms with E-state index in [0.29, 0.717) is 18.1 Å². The van der Waals surface area contributed by atoms with E-state index in [4.69, 9.17) is 0 Å². The number of allylic oxidation sites excluding steroid dienone is 1. The molecule has 2 aromatic heterocycles. The largest absolute Gasteiger partial charge is 0.271 e. The maximum Gasteiger partial charge on any atom is 0.263 e. The van der Waals surface area contributed by atoms with E-state index in [1.54, 1.807) is 16.8 Å². The highest BCUT2D eigenvalue weighted by atomic mass is 16.2. The molecule has 1 N–H and O–H groups in total. The second kappa shape index (κ2) is 9.83. The number of nitrogens with one attached hydrogen (secondary N) is 1. The van der Waals surface area contributed by atoms with E-state index in [1.807, 2.05) is 66.9 Å². The molecule has 0 unspecified atom stereocenters. The second-order valence-electron chi connectivity index (χ2n) is 6.51. The summed E-state index contributed by atoms with van der Waals surface area (Å²) in [6.07, 6.45) is 6.70. The molecular weight excluding hydrogens is 394 g/mol. The van der Waals surface area contributed by atoms with E-state index >= 15 is 0 Å². The summed E-state index contributed by atoms with van der Waals surface area (Å²) in [6, 6.07) is 19.4. The van der Waals surface area contributed by atoms with Crippen molar-refractivity contribution in [2.24, 2.45) is 5.10 Å². The van der Waals surface area contributed by atoms with Crippen LogP contribution in [0.4, 0.5) is 0 Å². The molecule has 0 aliphatic heterocycles. The Kier molecular flexibility index (Phi) is 6.29. The van der Waals surface area contributed by atoms with Crippen LogP contribution in [0.15, 0.2) is 78.0 Å². The van der Waals surface area contributed by atoms with Crippen molar-refractivity contribution in [1.29, 1.82) is 0 Å². The molecule has 2 aromatic carbocycles. The summed E-state index contributed by atoms with van der Waals surface area (Å²) in [7, 11) is 0.